The Hall–Kier alpha value is -3.08. The minimum atomic E-state index is 0.131. The van der Waals surface area contributed by atoms with Gasteiger partial charge >= 0.3 is 0 Å². The normalized spacial score (nSPS) is 12.2. The summed E-state index contributed by atoms with van der Waals surface area (Å²) in [6.07, 6.45) is 2.06. The fraction of sp³-hybridized carbons (Fsp3) is 0.333. The van der Waals surface area contributed by atoms with Gasteiger partial charge in [0, 0.05) is 24.9 Å². The van der Waals surface area contributed by atoms with Gasteiger partial charge in [0.1, 0.15) is 24.7 Å². The molecule has 1 unspecified atom stereocenters. The Labute approximate surface area is 205 Å². The summed E-state index contributed by atoms with van der Waals surface area (Å²) in [6.45, 7) is 7.32. The molecule has 0 aliphatic carbocycles. The summed E-state index contributed by atoms with van der Waals surface area (Å²) >= 11 is 0. The highest BCUT2D eigenvalue weighted by atomic mass is 16.5. The van der Waals surface area contributed by atoms with Gasteiger partial charge in [-0.05, 0) is 69.1 Å². The number of nitrogens with zero attached hydrogens (tertiary/aromatic N) is 2. The molecule has 0 fully saturated rings. The van der Waals surface area contributed by atoms with E-state index in [2.05, 4.69) is 130 Å². The molecule has 0 aliphatic heterocycles. The molecular weight excluding hydrogens is 420 g/mol. The molecular formula is C30H38N2O2. The average Bonchev–Trinajstić information content (AvgIpc) is 2.84. The van der Waals surface area contributed by atoms with Crippen molar-refractivity contribution in [3.63, 3.8) is 0 Å². The molecule has 0 bridgehead atoms. The third-order valence-electron chi connectivity index (χ3n) is 5.89. The standard InChI is InChI=1S/C30H38N2O2/c1-6-29(24-10-8-7-9-11-24)30(25-12-16-27(17-13-25)33-22-20-31(2)3)26-14-18-28(19-15-26)34-23-21-32(4)5/h6-19,29-30H,1,20-23H2,2-5H3. The Bertz CT molecular complexity index is 925. The largest absolute Gasteiger partial charge is 0.492 e. The van der Waals surface area contributed by atoms with Crippen molar-refractivity contribution in [1.29, 1.82) is 0 Å². The predicted octanol–water partition coefficient (Wildman–Crippen LogP) is 5.67. The predicted molar refractivity (Wildman–Crippen MR) is 142 cm³/mol. The molecule has 1 atom stereocenters. The molecule has 3 rings (SSSR count). The summed E-state index contributed by atoms with van der Waals surface area (Å²) in [5, 5.41) is 0. The summed E-state index contributed by atoms with van der Waals surface area (Å²) in [6, 6.07) is 27.6. The van der Waals surface area contributed by atoms with E-state index in [4.69, 9.17) is 9.47 Å². The van der Waals surface area contributed by atoms with Crippen LogP contribution in [0.2, 0.25) is 0 Å². The number of rotatable bonds is 13. The number of ether oxygens (including phenoxy) is 2. The van der Waals surface area contributed by atoms with Crippen LogP contribution in [0.4, 0.5) is 0 Å². The smallest absolute Gasteiger partial charge is 0.119 e. The number of benzene rings is 3. The third kappa shape index (κ3) is 7.47. The van der Waals surface area contributed by atoms with Crippen molar-refractivity contribution < 1.29 is 9.47 Å². The van der Waals surface area contributed by atoms with Crippen molar-refractivity contribution in [3.8, 4) is 11.5 Å². The van der Waals surface area contributed by atoms with Gasteiger partial charge in [-0.2, -0.15) is 0 Å². The molecule has 0 amide bonds. The second-order valence-corrected chi connectivity index (χ2v) is 9.09. The first-order valence-electron chi connectivity index (χ1n) is 11.9. The van der Waals surface area contributed by atoms with E-state index >= 15 is 0 Å². The second-order valence-electron chi connectivity index (χ2n) is 9.09. The lowest BCUT2D eigenvalue weighted by atomic mass is 9.77. The van der Waals surface area contributed by atoms with Gasteiger partial charge in [-0.3, -0.25) is 0 Å². The monoisotopic (exact) mass is 458 g/mol. The first-order valence-corrected chi connectivity index (χ1v) is 11.9. The Balaban J connectivity index is 1.86. The number of hydrogen-bond acceptors (Lipinski definition) is 4. The van der Waals surface area contributed by atoms with Gasteiger partial charge in [0.2, 0.25) is 0 Å². The van der Waals surface area contributed by atoms with Gasteiger partial charge in [0.25, 0.3) is 0 Å². The summed E-state index contributed by atoms with van der Waals surface area (Å²) in [5.74, 6) is 2.06. The molecule has 0 spiro atoms. The minimum Gasteiger partial charge on any atom is -0.492 e. The molecule has 0 saturated carbocycles. The molecule has 3 aromatic rings. The van der Waals surface area contributed by atoms with Crippen molar-refractivity contribution in [2.45, 2.75) is 11.8 Å². The molecule has 4 nitrogen and oxygen atoms in total. The maximum atomic E-state index is 5.92. The number of hydrogen-bond donors (Lipinski definition) is 0. The highest BCUT2D eigenvalue weighted by molar-refractivity contribution is 5.43. The van der Waals surface area contributed by atoms with Crippen LogP contribution < -0.4 is 9.47 Å². The van der Waals surface area contributed by atoms with E-state index in [1.807, 2.05) is 0 Å². The van der Waals surface area contributed by atoms with Crippen LogP contribution in [0.25, 0.3) is 0 Å². The van der Waals surface area contributed by atoms with Gasteiger partial charge < -0.3 is 19.3 Å². The summed E-state index contributed by atoms with van der Waals surface area (Å²) in [5.41, 5.74) is 3.71. The van der Waals surface area contributed by atoms with Crippen LogP contribution in [0, 0.1) is 0 Å². The van der Waals surface area contributed by atoms with E-state index in [0.29, 0.717) is 13.2 Å². The first kappa shape index (κ1) is 25.5. The van der Waals surface area contributed by atoms with Crippen molar-refractivity contribution in [2.24, 2.45) is 0 Å². The lowest BCUT2D eigenvalue weighted by Gasteiger charge is -2.27. The van der Waals surface area contributed by atoms with Crippen LogP contribution in [0.15, 0.2) is 91.5 Å². The summed E-state index contributed by atoms with van der Waals surface area (Å²) in [4.78, 5) is 4.24. The van der Waals surface area contributed by atoms with Gasteiger partial charge in [-0.15, -0.1) is 6.58 Å². The van der Waals surface area contributed by atoms with Gasteiger partial charge in [-0.1, -0.05) is 60.7 Å². The van der Waals surface area contributed by atoms with Crippen molar-refractivity contribution >= 4 is 0 Å². The number of likely N-dealkylation sites (N-methyl/N-ethyl adjacent to an activating group) is 2. The zero-order chi connectivity index (χ0) is 24.3. The Morgan fingerprint density at radius 3 is 1.47 bits per heavy atom. The second kappa shape index (κ2) is 13.0. The maximum absolute atomic E-state index is 5.92. The van der Waals surface area contributed by atoms with Crippen LogP contribution in [0.5, 0.6) is 11.5 Å². The van der Waals surface area contributed by atoms with Crippen LogP contribution >= 0.6 is 0 Å². The summed E-state index contributed by atoms with van der Waals surface area (Å²) < 4.78 is 11.8. The van der Waals surface area contributed by atoms with Gasteiger partial charge in [0.05, 0.1) is 0 Å². The van der Waals surface area contributed by atoms with Crippen molar-refractivity contribution in [2.75, 3.05) is 54.5 Å². The van der Waals surface area contributed by atoms with Gasteiger partial charge in [0.15, 0.2) is 0 Å². The van der Waals surface area contributed by atoms with Crippen LogP contribution in [0.3, 0.4) is 0 Å². The van der Waals surface area contributed by atoms with E-state index in [-0.39, 0.29) is 11.8 Å². The Morgan fingerprint density at radius 1 is 0.647 bits per heavy atom. The minimum absolute atomic E-state index is 0.131. The van der Waals surface area contributed by atoms with Gasteiger partial charge in [-0.25, -0.2) is 0 Å². The molecule has 0 N–H and O–H groups in total. The Kier molecular flexibility index (Phi) is 9.75. The van der Waals surface area contributed by atoms with Crippen LogP contribution in [-0.4, -0.2) is 64.3 Å². The van der Waals surface area contributed by atoms with E-state index in [1.54, 1.807) is 0 Å². The summed E-state index contributed by atoms with van der Waals surface area (Å²) in [7, 11) is 8.20. The van der Waals surface area contributed by atoms with Crippen LogP contribution in [-0.2, 0) is 0 Å². The van der Waals surface area contributed by atoms with Crippen LogP contribution in [0.1, 0.15) is 28.5 Å². The van der Waals surface area contributed by atoms with Crippen molar-refractivity contribution in [3.05, 3.63) is 108 Å². The highest BCUT2D eigenvalue weighted by Gasteiger charge is 2.24. The van der Waals surface area contributed by atoms with Crippen molar-refractivity contribution in [1.82, 2.24) is 9.80 Å². The molecule has 0 heterocycles. The first-order chi connectivity index (χ1) is 16.5. The maximum Gasteiger partial charge on any atom is 0.119 e. The molecule has 0 aliphatic rings. The molecule has 0 aromatic heterocycles. The lowest BCUT2D eigenvalue weighted by Crippen LogP contribution is -2.19. The SMILES string of the molecule is C=CC(c1ccccc1)C(c1ccc(OCCN(C)C)cc1)c1ccc(OCCN(C)C)cc1. The van der Waals surface area contributed by atoms with E-state index < -0.39 is 0 Å². The fourth-order valence-electron chi connectivity index (χ4n) is 3.98. The zero-order valence-corrected chi connectivity index (χ0v) is 21.0. The zero-order valence-electron chi connectivity index (χ0n) is 21.0. The van der Waals surface area contributed by atoms with E-state index in [0.717, 1.165) is 24.6 Å². The Morgan fingerprint density at radius 2 is 1.09 bits per heavy atom. The molecule has 34 heavy (non-hydrogen) atoms. The topological polar surface area (TPSA) is 24.9 Å². The highest BCUT2D eigenvalue weighted by Crippen LogP contribution is 2.40. The lowest BCUT2D eigenvalue weighted by molar-refractivity contribution is 0.261. The fourth-order valence-corrected chi connectivity index (χ4v) is 3.98. The van der Waals surface area contributed by atoms with E-state index in [9.17, 15) is 0 Å². The third-order valence-corrected chi connectivity index (χ3v) is 5.89. The molecule has 0 radical (unpaired) electrons. The molecule has 180 valence electrons. The average molecular weight is 459 g/mol. The quantitative estimate of drug-likeness (QED) is 0.308. The molecule has 0 saturated heterocycles. The molecule has 4 heteroatoms. The number of allylic oxidation sites excluding steroid dienone is 1. The van der Waals surface area contributed by atoms with E-state index in [1.165, 1.54) is 16.7 Å². The molecule has 3 aromatic carbocycles.